The molecule has 27 heavy (non-hydrogen) atoms. The number of pyridine rings is 1. The maximum absolute atomic E-state index is 4.74. The molecule has 0 aliphatic heterocycles. The summed E-state index contributed by atoms with van der Waals surface area (Å²) >= 11 is 0. The third-order valence-corrected chi connectivity index (χ3v) is 4.40. The van der Waals surface area contributed by atoms with Gasteiger partial charge in [-0.15, -0.1) is 0 Å². The highest BCUT2D eigenvalue weighted by Gasteiger charge is 2.14. The van der Waals surface area contributed by atoms with Gasteiger partial charge >= 0.3 is 0 Å². The highest BCUT2D eigenvalue weighted by Crippen LogP contribution is 2.18. The van der Waals surface area contributed by atoms with Crippen LogP contribution in [-0.4, -0.2) is 34.5 Å². The highest BCUT2D eigenvalue weighted by molar-refractivity contribution is 5.50. The molecule has 1 aromatic carbocycles. The number of hydrogen-bond acceptors (Lipinski definition) is 5. The molecule has 7 heteroatoms. The van der Waals surface area contributed by atoms with E-state index in [4.69, 9.17) is 10.1 Å². The lowest BCUT2D eigenvalue weighted by atomic mass is 10.1. The van der Waals surface area contributed by atoms with Gasteiger partial charge < -0.3 is 0 Å². The van der Waals surface area contributed by atoms with E-state index in [0.29, 0.717) is 12.4 Å². The molecule has 0 aliphatic rings. The first-order chi connectivity index (χ1) is 13.3. The lowest BCUT2D eigenvalue weighted by molar-refractivity contribution is 0.592. The van der Waals surface area contributed by atoms with Gasteiger partial charge in [0.05, 0.1) is 0 Å². The van der Waals surface area contributed by atoms with Crippen LogP contribution in [0, 0.1) is 0 Å². The number of benzene rings is 1. The van der Waals surface area contributed by atoms with Gasteiger partial charge in [-0.05, 0) is 36.1 Å². The molecule has 136 valence electrons. The van der Waals surface area contributed by atoms with E-state index in [1.165, 1.54) is 17.5 Å². The summed E-state index contributed by atoms with van der Waals surface area (Å²) in [5.74, 6) is 1.49. The molecule has 0 unspecified atom stereocenters. The van der Waals surface area contributed by atoms with E-state index >= 15 is 0 Å². The molecule has 0 radical (unpaired) electrons. The van der Waals surface area contributed by atoms with Gasteiger partial charge in [0.2, 0.25) is 0 Å². The molecule has 0 bridgehead atoms. The summed E-state index contributed by atoms with van der Waals surface area (Å²) in [6, 6.07) is 14.5. The van der Waals surface area contributed by atoms with Crippen LogP contribution in [0.5, 0.6) is 0 Å². The fraction of sp³-hybridized carbons (Fsp3) is 0.250. The van der Waals surface area contributed by atoms with Gasteiger partial charge in [0, 0.05) is 12.7 Å². The van der Waals surface area contributed by atoms with E-state index in [9.17, 15) is 0 Å². The lowest BCUT2D eigenvalue weighted by Gasteiger charge is -2.06. The van der Waals surface area contributed by atoms with Gasteiger partial charge in [-0.2, -0.15) is 10.2 Å². The molecule has 4 aromatic rings. The van der Waals surface area contributed by atoms with Gasteiger partial charge in [-0.1, -0.05) is 37.3 Å². The smallest absolute Gasteiger partial charge is 0.177 e. The van der Waals surface area contributed by atoms with Crippen molar-refractivity contribution in [3.63, 3.8) is 0 Å². The van der Waals surface area contributed by atoms with Crippen LogP contribution in [0.2, 0.25) is 0 Å². The molecule has 3 heterocycles. The standard InChI is InChI=1S/C20H21N7/c1-2-16-8-10-22-18(12-16)20-24-19(13-26-15-21-14-23-26)25-27(20)11-9-17-6-4-3-5-7-17/h3-8,10,12,14-15H,2,9,11,13H2,1H3. The maximum atomic E-state index is 4.74. The van der Waals surface area contributed by atoms with Gasteiger partial charge in [0.15, 0.2) is 11.6 Å². The molecule has 0 fully saturated rings. The minimum atomic E-state index is 0.485. The molecular formula is C20H21N7. The van der Waals surface area contributed by atoms with E-state index in [2.05, 4.69) is 52.3 Å². The fourth-order valence-corrected chi connectivity index (χ4v) is 2.96. The molecular weight excluding hydrogens is 338 g/mol. The Balaban J connectivity index is 1.64. The number of hydrogen-bond donors (Lipinski definition) is 0. The summed E-state index contributed by atoms with van der Waals surface area (Å²) in [6.07, 6.45) is 6.86. The summed E-state index contributed by atoms with van der Waals surface area (Å²) in [6.45, 7) is 3.36. The second-order valence-corrected chi connectivity index (χ2v) is 6.31. The summed E-state index contributed by atoms with van der Waals surface area (Å²) in [5.41, 5.74) is 3.35. The molecule has 0 aliphatic carbocycles. The number of rotatable bonds is 7. The van der Waals surface area contributed by atoms with E-state index < -0.39 is 0 Å². The van der Waals surface area contributed by atoms with E-state index in [1.807, 2.05) is 23.0 Å². The molecule has 0 spiro atoms. The molecule has 0 saturated heterocycles. The second-order valence-electron chi connectivity index (χ2n) is 6.31. The molecule has 0 amide bonds. The largest absolute Gasteiger partial charge is 0.253 e. The first-order valence-electron chi connectivity index (χ1n) is 9.07. The molecule has 0 saturated carbocycles. The van der Waals surface area contributed by atoms with E-state index in [0.717, 1.165) is 30.9 Å². The van der Waals surface area contributed by atoms with Crippen molar-refractivity contribution >= 4 is 0 Å². The van der Waals surface area contributed by atoms with Crippen molar-refractivity contribution < 1.29 is 0 Å². The van der Waals surface area contributed by atoms with Crippen LogP contribution in [0.4, 0.5) is 0 Å². The minimum Gasteiger partial charge on any atom is -0.253 e. The van der Waals surface area contributed by atoms with Crippen LogP contribution in [0.3, 0.4) is 0 Å². The predicted octanol–water partition coefficient (Wildman–Crippen LogP) is 2.79. The van der Waals surface area contributed by atoms with Crippen molar-refractivity contribution in [2.75, 3.05) is 0 Å². The zero-order chi connectivity index (χ0) is 18.5. The monoisotopic (exact) mass is 359 g/mol. The highest BCUT2D eigenvalue weighted by atomic mass is 15.4. The van der Waals surface area contributed by atoms with E-state index in [1.54, 1.807) is 11.0 Å². The molecule has 0 atom stereocenters. The zero-order valence-electron chi connectivity index (χ0n) is 15.2. The summed E-state index contributed by atoms with van der Waals surface area (Å²) in [4.78, 5) is 13.3. The Hall–Kier alpha value is -3.35. The Morgan fingerprint density at radius 2 is 1.93 bits per heavy atom. The van der Waals surface area contributed by atoms with Gasteiger partial charge in [0.25, 0.3) is 0 Å². The first-order valence-corrected chi connectivity index (χ1v) is 9.07. The van der Waals surface area contributed by atoms with Crippen LogP contribution in [-0.2, 0) is 25.9 Å². The Kier molecular flexibility index (Phi) is 5.00. The third-order valence-electron chi connectivity index (χ3n) is 4.40. The van der Waals surface area contributed by atoms with Crippen molar-refractivity contribution in [2.24, 2.45) is 0 Å². The van der Waals surface area contributed by atoms with Crippen LogP contribution in [0.25, 0.3) is 11.5 Å². The number of nitrogens with zero attached hydrogens (tertiary/aromatic N) is 7. The van der Waals surface area contributed by atoms with Crippen LogP contribution >= 0.6 is 0 Å². The fourth-order valence-electron chi connectivity index (χ4n) is 2.96. The predicted molar refractivity (Wildman–Crippen MR) is 102 cm³/mol. The average Bonchev–Trinajstić information content (AvgIpc) is 3.37. The zero-order valence-corrected chi connectivity index (χ0v) is 15.2. The maximum Gasteiger partial charge on any atom is 0.177 e. The molecule has 4 rings (SSSR count). The Labute approximate surface area is 157 Å². The second kappa shape index (κ2) is 7.90. The van der Waals surface area contributed by atoms with Crippen molar-refractivity contribution in [1.82, 2.24) is 34.5 Å². The molecule has 7 nitrogen and oxygen atoms in total. The number of aryl methyl sites for hydroxylation is 3. The third kappa shape index (κ3) is 4.08. The summed E-state index contributed by atoms with van der Waals surface area (Å²) < 4.78 is 3.66. The Morgan fingerprint density at radius 1 is 1.04 bits per heavy atom. The molecule has 0 N–H and O–H groups in total. The normalized spacial score (nSPS) is 11.0. The quantitative estimate of drug-likeness (QED) is 0.507. The summed E-state index contributed by atoms with van der Waals surface area (Å²) in [7, 11) is 0. The van der Waals surface area contributed by atoms with Crippen molar-refractivity contribution in [2.45, 2.75) is 32.9 Å². The van der Waals surface area contributed by atoms with Gasteiger partial charge in [-0.3, -0.25) is 4.98 Å². The summed E-state index contributed by atoms with van der Waals surface area (Å²) in [5, 5.41) is 8.85. The SMILES string of the molecule is CCc1ccnc(-c2nc(Cn3cncn3)nn2CCc2ccccc2)c1. The van der Waals surface area contributed by atoms with Crippen molar-refractivity contribution in [3.8, 4) is 11.5 Å². The first kappa shape index (κ1) is 17.1. The molecule has 3 aromatic heterocycles. The number of aromatic nitrogens is 7. The lowest BCUT2D eigenvalue weighted by Crippen LogP contribution is -2.07. The Morgan fingerprint density at radius 3 is 2.70 bits per heavy atom. The van der Waals surface area contributed by atoms with Crippen molar-refractivity contribution in [1.29, 1.82) is 0 Å². The van der Waals surface area contributed by atoms with E-state index in [-0.39, 0.29) is 0 Å². The van der Waals surface area contributed by atoms with Crippen LogP contribution in [0.1, 0.15) is 23.9 Å². The minimum absolute atomic E-state index is 0.485. The van der Waals surface area contributed by atoms with Gasteiger partial charge in [-0.25, -0.2) is 19.3 Å². The topological polar surface area (TPSA) is 74.3 Å². The van der Waals surface area contributed by atoms with Crippen LogP contribution in [0.15, 0.2) is 61.3 Å². The average molecular weight is 359 g/mol. The van der Waals surface area contributed by atoms with Gasteiger partial charge in [0.1, 0.15) is 24.9 Å². The van der Waals surface area contributed by atoms with Crippen molar-refractivity contribution in [3.05, 3.63) is 78.3 Å². The van der Waals surface area contributed by atoms with Crippen LogP contribution < -0.4 is 0 Å². The Bertz CT molecular complexity index is 990.